The molecule has 0 radical (unpaired) electrons. The van der Waals surface area contributed by atoms with E-state index >= 15 is 0 Å². The predicted octanol–water partition coefficient (Wildman–Crippen LogP) is 5.41. The molecule has 2 aromatic heterocycles. The maximum atomic E-state index is 13.6. The van der Waals surface area contributed by atoms with Crippen molar-refractivity contribution < 1.29 is 9.53 Å². The first kappa shape index (κ1) is 26.1. The van der Waals surface area contributed by atoms with Crippen LogP contribution in [0.4, 0.5) is 5.69 Å². The first-order chi connectivity index (χ1) is 20.4. The molecule has 8 rings (SSSR count). The van der Waals surface area contributed by atoms with Crippen LogP contribution in [0.25, 0.3) is 33.5 Å². The Morgan fingerprint density at radius 1 is 1.12 bits per heavy atom. The number of ether oxygens (including phenoxy) is 1. The summed E-state index contributed by atoms with van der Waals surface area (Å²) < 4.78 is 10.5. The number of carbonyl (C=O) groups excluding carboxylic acids is 1. The number of hydrogen-bond donors (Lipinski definition) is 1. The van der Waals surface area contributed by atoms with Crippen molar-refractivity contribution in [1.29, 1.82) is 0 Å². The summed E-state index contributed by atoms with van der Waals surface area (Å²) >= 11 is 0. The number of fused-ring (bicyclic) bond motifs is 3. The highest BCUT2D eigenvalue weighted by molar-refractivity contribution is 6.01. The molecule has 4 fully saturated rings. The second-order valence-electron chi connectivity index (χ2n) is 13.6. The van der Waals surface area contributed by atoms with Gasteiger partial charge in [-0.25, -0.2) is 4.98 Å². The third-order valence-electron chi connectivity index (χ3n) is 10.8. The van der Waals surface area contributed by atoms with Crippen molar-refractivity contribution in [2.75, 3.05) is 38.7 Å². The Balaban J connectivity index is 1.18. The van der Waals surface area contributed by atoms with Crippen LogP contribution < -0.4 is 15.4 Å². The van der Waals surface area contributed by atoms with E-state index in [9.17, 15) is 4.79 Å². The van der Waals surface area contributed by atoms with Crippen LogP contribution in [0.3, 0.4) is 0 Å². The molecule has 2 aromatic carbocycles. The summed E-state index contributed by atoms with van der Waals surface area (Å²) in [5.74, 6) is 3.28. The molecule has 8 nitrogen and oxygen atoms in total. The van der Waals surface area contributed by atoms with Gasteiger partial charge in [-0.3, -0.25) is 4.79 Å². The molecule has 0 spiro atoms. The van der Waals surface area contributed by atoms with Gasteiger partial charge in [-0.1, -0.05) is 18.9 Å². The summed E-state index contributed by atoms with van der Waals surface area (Å²) in [4.78, 5) is 23.2. The Morgan fingerprint density at radius 3 is 2.60 bits per heavy atom. The van der Waals surface area contributed by atoms with Crippen LogP contribution in [0, 0.1) is 17.3 Å². The molecule has 42 heavy (non-hydrogen) atoms. The maximum Gasteiger partial charge on any atom is 0.254 e. The number of methoxy groups -OCH3 is 1. The topological polar surface area (TPSA) is 81.6 Å². The van der Waals surface area contributed by atoms with Crippen LogP contribution >= 0.6 is 0 Å². The molecular formula is C34H42N6O2. The Kier molecular flexibility index (Phi) is 5.91. The molecule has 3 aliphatic carbocycles. The van der Waals surface area contributed by atoms with E-state index in [2.05, 4.69) is 52.4 Å². The minimum atomic E-state index is 0.0531. The van der Waals surface area contributed by atoms with Gasteiger partial charge in [0.1, 0.15) is 11.3 Å². The van der Waals surface area contributed by atoms with Gasteiger partial charge in [-0.15, -0.1) is 0 Å². The van der Waals surface area contributed by atoms with Gasteiger partial charge in [0.25, 0.3) is 5.91 Å². The molecule has 2 atom stereocenters. The van der Waals surface area contributed by atoms with Crippen molar-refractivity contribution in [1.82, 2.24) is 19.0 Å². The van der Waals surface area contributed by atoms with E-state index in [4.69, 9.17) is 15.5 Å². The number of nitrogens with two attached hydrogens (primary N) is 1. The summed E-state index contributed by atoms with van der Waals surface area (Å²) in [6, 6.07) is 13.3. The highest BCUT2D eigenvalue weighted by Gasteiger charge is 2.59. The minimum absolute atomic E-state index is 0.0531. The Bertz CT molecular complexity index is 1710. The maximum absolute atomic E-state index is 13.6. The molecule has 4 aromatic rings. The summed E-state index contributed by atoms with van der Waals surface area (Å²) in [7, 11) is 5.96. The number of likely N-dealkylation sites (tertiary alicyclic amines) is 1. The number of aryl methyl sites for hydroxylation is 1. The molecule has 1 saturated heterocycles. The molecule has 8 heteroatoms. The Hall–Kier alpha value is -3.52. The van der Waals surface area contributed by atoms with E-state index in [1.54, 1.807) is 7.11 Å². The van der Waals surface area contributed by atoms with Gasteiger partial charge >= 0.3 is 0 Å². The van der Waals surface area contributed by atoms with Crippen molar-refractivity contribution >= 4 is 33.5 Å². The fourth-order valence-corrected chi connectivity index (χ4v) is 7.52. The van der Waals surface area contributed by atoms with Crippen molar-refractivity contribution in [2.24, 2.45) is 30.0 Å². The standard InChI is InChI=1S/C34H42N6O2/c1-37(13-11-21-4-5-21)25-9-8-23-15-28(39(27(23)17-25)18-22-6-7-22)32-36-26-14-24(16-29(42-3)31(26)38(32)2)33(41)40-20-34(19-35)12-10-30(34)40/h8-9,14-17,21-22,30H,4-7,10-13,18-20,35H2,1-3H3/t30?,34-/m1/s1. The van der Waals surface area contributed by atoms with E-state index in [-0.39, 0.29) is 17.4 Å². The average Bonchev–Trinajstić information content (AvgIpc) is 3.93. The molecule has 3 saturated carbocycles. The van der Waals surface area contributed by atoms with Crippen molar-refractivity contribution in [3.63, 3.8) is 0 Å². The average molecular weight is 567 g/mol. The van der Waals surface area contributed by atoms with Gasteiger partial charge in [-0.2, -0.15) is 0 Å². The Morgan fingerprint density at radius 2 is 1.93 bits per heavy atom. The third kappa shape index (κ3) is 4.05. The fraction of sp³-hybridized carbons (Fsp3) is 0.529. The number of imidazole rings is 1. The summed E-state index contributed by atoms with van der Waals surface area (Å²) in [5.41, 5.74) is 12.2. The molecule has 0 bridgehead atoms. The Labute approximate surface area is 247 Å². The van der Waals surface area contributed by atoms with Crippen LogP contribution in [-0.4, -0.2) is 64.8 Å². The molecule has 4 aliphatic rings. The lowest BCUT2D eigenvalue weighted by atomic mass is 9.57. The van der Waals surface area contributed by atoms with E-state index < -0.39 is 0 Å². The second-order valence-corrected chi connectivity index (χ2v) is 13.6. The van der Waals surface area contributed by atoms with Crippen molar-refractivity contribution in [2.45, 2.75) is 57.5 Å². The van der Waals surface area contributed by atoms with Gasteiger partial charge in [0.05, 0.1) is 23.8 Å². The largest absolute Gasteiger partial charge is 0.494 e. The quantitative estimate of drug-likeness (QED) is 0.278. The lowest BCUT2D eigenvalue weighted by Gasteiger charge is -2.64. The van der Waals surface area contributed by atoms with Crippen molar-refractivity contribution in [3.05, 3.63) is 42.0 Å². The summed E-state index contributed by atoms with van der Waals surface area (Å²) in [6.45, 7) is 3.50. The monoisotopic (exact) mass is 566 g/mol. The number of rotatable bonds is 10. The van der Waals surface area contributed by atoms with Gasteiger partial charge in [0.15, 0.2) is 5.82 Å². The highest BCUT2D eigenvalue weighted by atomic mass is 16.5. The molecule has 1 aliphatic heterocycles. The van der Waals surface area contributed by atoms with E-state index in [0.29, 0.717) is 23.8 Å². The van der Waals surface area contributed by atoms with Crippen LogP contribution in [0.5, 0.6) is 5.75 Å². The summed E-state index contributed by atoms with van der Waals surface area (Å²) in [5, 5.41) is 1.24. The first-order valence-corrected chi connectivity index (χ1v) is 15.8. The first-order valence-electron chi connectivity index (χ1n) is 15.8. The van der Waals surface area contributed by atoms with E-state index in [0.717, 1.165) is 60.9 Å². The van der Waals surface area contributed by atoms with Gasteiger partial charge < -0.3 is 29.4 Å². The lowest BCUT2D eigenvalue weighted by molar-refractivity contribution is -0.117. The lowest BCUT2D eigenvalue weighted by Crippen LogP contribution is -2.74. The SMILES string of the molecule is COc1cc(C(=O)N2C[C@]3(CN)CCC23)cc2nc(-c3cc4ccc(N(C)CCC5CC5)cc4n3CC3CC3)n(C)c12. The number of carbonyl (C=O) groups is 1. The van der Waals surface area contributed by atoms with Crippen LogP contribution in [0.1, 0.15) is 55.3 Å². The number of hydrogen-bond acceptors (Lipinski definition) is 5. The number of amides is 1. The molecule has 1 unspecified atom stereocenters. The predicted molar refractivity (Wildman–Crippen MR) is 167 cm³/mol. The zero-order chi connectivity index (χ0) is 28.7. The van der Waals surface area contributed by atoms with E-state index in [1.165, 1.54) is 48.7 Å². The van der Waals surface area contributed by atoms with Crippen LogP contribution in [0.15, 0.2) is 36.4 Å². The molecule has 3 heterocycles. The fourth-order valence-electron chi connectivity index (χ4n) is 7.52. The minimum Gasteiger partial charge on any atom is -0.494 e. The van der Waals surface area contributed by atoms with E-state index in [1.807, 2.05) is 17.0 Å². The number of piperidine rings is 1. The number of aromatic nitrogens is 3. The van der Waals surface area contributed by atoms with Crippen molar-refractivity contribution in [3.8, 4) is 17.3 Å². The molecular weight excluding hydrogens is 524 g/mol. The zero-order valence-electron chi connectivity index (χ0n) is 25.1. The molecule has 220 valence electrons. The number of benzene rings is 2. The van der Waals surface area contributed by atoms with Gasteiger partial charge in [0.2, 0.25) is 0 Å². The molecule has 2 N–H and O–H groups in total. The normalized spacial score (nSPS) is 23.1. The second kappa shape index (κ2) is 9.49. The summed E-state index contributed by atoms with van der Waals surface area (Å²) in [6.07, 6.45) is 8.80. The molecule has 1 amide bonds. The van der Waals surface area contributed by atoms with Crippen LogP contribution in [0.2, 0.25) is 0 Å². The van der Waals surface area contributed by atoms with Gasteiger partial charge in [0, 0.05) is 68.4 Å². The number of anilines is 1. The zero-order valence-corrected chi connectivity index (χ0v) is 25.1. The van der Waals surface area contributed by atoms with Crippen LogP contribution in [-0.2, 0) is 13.6 Å². The number of nitrogens with zero attached hydrogens (tertiary/aromatic N) is 5. The third-order valence-corrected chi connectivity index (χ3v) is 10.8. The smallest absolute Gasteiger partial charge is 0.254 e. The highest BCUT2D eigenvalue weighted by Crippen LogP contribution is 2.53. The van der Waals surface area contributed by atoms with Gasteiger partial charge in [-0.05, 0) is 74.3 Å².